The van der Waals surface area contributed by atoms with Gasteiger partial charge in [0.15, 0.2) is 5.96 Å². The standard InChI is InChI=1S/C9H19N3S.HI/c1-8(2)13-7-5-11-9-10-4-6-12(9)3;/h8H,4-7H2,1-3H3,(H,10,11);1H. The van der Waals surface area contributed by atoms with E-state index in [1.165, 1.54) is 0 Å². The molecule has 0 fully saturated rings. The lowest BCUT2D eigenvalue weighted by Gasteiger charge is -2.15. The number of aliphatic imine (C=N–C) groups is 1. The first-order chi connectivity index (χ1) is 6.20. The Bertz CT molecular complexity index is 185. The molecule has 84 valence electrons. The van der Waals surface area contributed by atoms with Gasteiger partial charge in [0.25, 0.3) is 0 Å². The molecule has 0 unspecified atom stereocenters. The predicted octanol–water partition coefficient (Wildman–Crippen LogP) is 1.64. The summed E-state index contributed by atoms with van der Waals surface area (Å²) in [6.07, 6.45) is 0. The van der Waals surface area contributed by atoms with Crippen LogP contribution in [0.4, 0.5) is 0 Å². The molecule has 5 heteroatoms. The van der Waals surface area contributed by atoms with Crippen LogP contribution in [0.3, 0.4) is 0 Å². The van der Waals surface area contributed by atoms with E-state index in [0.717, 1.165) is 36.6 Å². The van der Waals surface area contributed by atoms with Crippen LogP contribution in [0.2, 0.25) is 0 Å². The highest BCUT2D eigenvalue weighted by Gasteiger charge is 2.10. The molecule has 0 aromatic rings. The quantitative estimate of drug-likeness (QED) is 0.628. The fourth-order valence-corrected chi connectivity index (χ4v) is 1.87. The predicted molar refractivity (Wildman–Crippen MR) is 75.9 cm³/mol. The van der Waals surface area contributed by atoms with Crippen LogP contribution >= 0.6 is 35.7 Å². The lowest BCUT2D eigenvalue weighted by Crippen LogP contribution is -2.36. The maximum atomic E-state index is 4.36. The number of nitrogens with zero attached hydrogens (tertiary/aromatic N) is 2. The molecule has 0 saturated heterocycles. The Morgan fingerprint density at radius 2 is 2.29 bits per heavy atom. The van der Waals surface area contributed by atoms with E-state index in [0.29, 0.717) is 0 Å². The number of guanidine groups is 1. The molecule has 0 bridgehead atoms. The minimum absolute atomic E-state index is 0. The molecular weight excluding hydrogens is 309 g/mol. The summed E-state index contributed by atoms with van der Waals surface area (Å²) in [5.74, 6) is 2.22. The van der Waals surface area contributed by atoms with Gasteiger partial charge in [-0.05, 0) is 5.25 Å². The number of hydrogen-bond donors (Lipinski definition) is 1. The van der Waals surface area contributed by atoms with Gasteiger partial charge in [-0.15, -0.1) is 24.0 Å². The van der Waals surface area contributed by atoms with E-state index in [9.17, 15) is 0 Å². The van der Waals surface area contributed by atoms with Crippen LogP contribution < -0.4 is 5.32 Å². The summed E-state index contributed by atoms with van der Waals surface area (Å²) in [7, 11) is 2.08. The summed E-state index contributed by atoms with van der Waals surface area (Å²) in [6.45, 7) is 7.47. The molecule has 3 nitrogen and oxygen atoms in total. The van der Waals surface area contributed by atoms with Crippen LogP contribution in [0.25, 0.3) is 0 Å². The summed E-state index contributed by atoms with van der Waals surface area (Å²) in [5, 5.41) is 4.07. The molecule has 14 heavy (non-hydrogen) atoms. The molecule has 0 spiro atoms. The van der Waals surface area contributed by atoms with Gasteiger partial charge < -0.3 is 10.2 Å². The van der Waals surface area contributed by atoms with Crippen LogP contribution in [-0.4, -0.2) is 48.5 Å². The van der Waals surface area contributed by atoms with E-state index in [-0.39, 0.29) is 24.0 Å². The van der Waals surface area contributed by atoms with Gasteiger partial charge in [0.2, 0.25) is 0 Å². The van der Waals surface area contributed by atoms with Gasteiger partial charge in [-0.3, -0.25) is 4.99 Å². The van der Waals surface area contributed by atoms with Gasteiger partial charge in [0, 0.05) is 25.9 Å². The Hall–Kier alpha value is 0.350. The average Bonchev–Trinajstić information content (AvgIpc) is 2.45. The molecule has 0 radical (unpaired) electrons. The van der Waals surface area contributed by atoms with Crippen molar-refractivity contribution >= 4 is 41.7 Å². The largest absolute Gasteiger partial charge is 0.355 e. The fraction of sp³-hybridized carbons (Fsp3) is 0.889. The van der Waals surface area contributed by atoms with Crippen LogP contribution in [0.1, 0.15) is 13.8 Å². The highest BCUT2D eigenvalue weighted by Crippen LogP contribution is 2.07. The Balaban J connectivity index is 0.00000169. The number of halogens is 1. The Labute approximate surface area is 108 Å². The summed E-state index contributed by atoms with van der Waals surface area (Å²) in [6, 6.07) is 0. The van der Waals surface area contributed by atoms with Gasteiger partial charge >= 0.3 is 0 Å². The lowest BCUT2D eigenvalue weighted by molar-refractivity contribution is 0.537. The second kappa shape index (κ2) is 7.62. The van der Waals surface area contributed by atoms with Gasteiger partial charge in [-0.25, -0.2) is 0 Å². The van der Waals surface area contributed by atoms with Crippen molar-refractivity contribution in [1.29, 1.82) is 0 Å². The van der Waals surface area contributed by atoms with Crippen LogP contribution in [0.15, 0.2) is 4.99 Å². The average molecular weight is 329 g/mol. The number of rotatable bonds is 4. The number of likely N-dealkylation sites (N-methyl/N-ethyl adjacent to an activating group) is 1. The van der Waals surface area contributed by atoms with E-state index in [1.54, 1.807) is 0 Å². The minimum Gasteiger partial charge on any atom is -0.355 e. The molecule has 0 aromatic heterocycles. The van der Waals surface area contributed by atoms with Gasteiger partial charge in [0.1, 0.15) is 0 Å². The molecule has 1 rings (SSSR count). The zero-order valence-corrected chi connectivity index (χ0v) is 12.3. The third-order valence-electron chi connectivity index (χ3n) is 1.89. The Morgan fingerprint density at radius 1 is 1.57 bits per heavy atom. The maximum absolute atomic E-state index is 4.36. The van der Waals surface area contributed by atoms with Crippen molar-refractivity contribution in [2.75, 3.05) is 32.4 Å². The van der Waals surface area contributed by atoms with Crippen molar-refractivity contribution in [3.05, 3.63) is 0 Å². The summed E-state index contributed by atoms with van der Waals surface area (Å²) < 4.78 is 0. The molecule has 1 aliphatic heterocycles. The van der Waals surface area contributed by atoms with Gasteiger partial charge in [-0.1, -0.05) is 13.8 Å². The van der Waals surface area contributed by atoms with E-state index in [2.05, 4.69) is 36.1 Å². The van der Waals surface area contributed by atoms with E-state index in [1.807, 2.05) is 11.8 Å². The van der Waals surface area contributed by atoms with Crippen molar-refractivity contribution < 1.29 is 0 Å². The third kappa shape index (κ3) is 5.29. The number of nitrogens with one attached hydrogen (secondary N) is 1. The Morgan fingerprint density at radius 3 is 2.79 bits per heavy atom. The highest BCUT2D eigenvalue weighted by molar-refractivity contribution is 14.0. The lowest BCUT2D eigenvalue weighted by atomic mass is 10.6. The molecule has 0 aromatic carbocycles. The molecule has 0 aliphatic carbocycles. The summed E-state index contributed by atoms with van der Waals surface area (Å²) >= 11 is 1.98. The first-order valence-electron chi connectivity index (χ1n) is 4.81. The minimum atomic E-state index is 0. The van der Waals surface area contributed by atoms with Gasteiger partial charge in [-0.2, -0.15) is 11.8 Å². The van der Waals surface area contributed by atoms with Crippen LogP contribution in [-0.2, 0) is 0 Å². The van der Waals surface area contributed by atoms with Crippen molar-refractivity contribution in [1.82, 2.24) is 10.2 Å². The summed E-state index contributed by atoms with van der Waals surface area (Å²) in [5.41, 5.74) is 0. The van der Waals surface area contributed by atoms with Crippen molar-refractivity contribution in [2.45, 2.75) is 19.1 Å². The zero-order valence-electron chi connectivity index (χ0n) is 9.12. The van der Waals surface area contributed by atoms with Crippen LogP contribution in [0.5, 0.6) is 0 Å². The first-order valence-corrected chi connectivity index (χ1v) is 5.86. The third-order valence-corrected chi connectivity index (χ3v) is 3.00. The zero-order chi connectivity index (χ0) is 9.68. The number of thioether (sulfide) groups is 1. The van der Waals surface area contributed by atoms with E-state index < -0.39 is 0 Å². The van der Waals surface area contributed by atoms with Crippen LogP contribution in [0, 0.1) is 0 Å². The van der Waals surface area contributed by atoms with Crippen molar-refractivity contribution in [3.63, 3.8) is 0 Å². The van der Waals surface area contributed by atoms with Gasteiger partial charge in [0.05, 0.1) is 6.54 Å². The van der Waals surface area contributed by atoms with E-state index >= 15 is 0 Å². The first kappa shape index (κ1) is 14.3. The topological polar surface area (TPSA) is 27.6 Å². The normalized spacial score (nSPS) is 15.4. The smallest absolute Gasteiger partial charge is 0.193 e. The van der Waals surface area contributed by atoms with Crippen molar-refractivity contribution in [3.8, 4) is 0 Å². The monoisotopic (exact) mass is 329 g/mol. The highest BCUT2D eigenvalue weighted by atomic mass is 127. The SMILES string of the molecule is CC(C)SCCNC1=NCCN1C.I. The van der Waals surface area contributed by atoms with Crippen molar-refractivity contribution in [2.24, 2.45) is 4.99 Å². The maximum Gasteiger partial charge on any atom is 0.193 e. The molecule has 1 aliphatic rings. The molecular formula is C9H20IN3S. The molecule has 0 amide bonds. The second-order valence-corrected chi connectivity index (χ2v) is 5.16. The molecule has 1 heterocycles. The molecule has 0 saturated carbocycles. The molecule has 1 N–H and O–H groups in total. The fourth-order valence-electron chi connectivity index (χ4n) is 1.18. The summed E-state index contributed by atoms with van der Waals surface area (Å²) in [4.78, 5) is 6.52. The number of hydrogen-bond acceptors (Lipinski definition) is 4. The second-order valence-electron chi connectivity index (χ2n) is 3.47. The van der Waals surface area contributed by atoms with E-state index in [4.69, 9.17) is 0 Å². The molecule has 0 atom stereocenters. The Kier molecular flexibility index (Phi) is 7.81.